The minimum Gasteiger partial charge on any atom is -0.346 e. The molecular weight excluding hydrogens is 390 g/mol. The van der Waals surface area contributed by atoms with Crippen LogP contribution in [-0.4, -0.2) is 27.9 Å². The van der Waals surface area contributed by atoms with E-state index in [1.54, 1.807) is 11.8 Å². The van der Waals surface area contributed by atoms with Crippen LogP contribution in [0.2, 0.25) is 0 Å². The molecule has 3 aromatic carbocycles. The topological polar surface area (TPSA) is 57.8 Å². The maximum absolute atomic E-state index is 12.8. The van der Waals surface area contributed by atoms with Gasteiger partial charge in [0.05, 0.1) is 23.5 Å². The molecule has 1 atom stereocenters. The molecule has 0 spiro atoms. The smallest absolute Gasteiger partial charge is 0.225 e. The van der Waals surface area contributed by atoms with Crippen LogP contribution in [0.25, 0.3) is 22.2 Å². The lowest BCUT2D eigenvalue weighted by atomic mass is 10.0. The Morgan fingerprint density at radius 1 is 0.967 bits per heavy atom. The van der Waals surface area contributed by atoms with Gasteiger partial charge in [-0.3, -0.25) is 4.79 Å². The average molecular weight is 416 g/mol. The summed E-state index contributed by atoms with van der Waals surface area (Å²) in [7, 11) is 0. The lowest BCUT2D eigenvalue weighted by Crippen LogP contribution is -2.31. The van der Waals surface area contributed by atoms with Gasteiger partial charge in [0, 0.05) is 0 Å². The zero-order valence-corrected chi connectivity index (χ0v) is 17.8. The molecule has 1 amide bonds. The first-order valence-corrected chi connectivity index (χ1v) is 11.5. The molecule has 30 heavy (non-hydrogen) atoms. The van der Waals surface area contributed by atoms with Crippen molar-refractivity contribution in [2.24, 2.45) is 0 Å². The number of imidazole rings is 1. The number of nitrogens with zero attached hydrogens (tertiary/aromatic N) is 1. The standard InChI is InChI=1S/C25H25N3OS/c1-30-16-15-23(25-27-21-9-5-6-10-22(21)28-25)26-24(29)17-18-11-13-20(14-12-18)19-7-3-2-4-8-19/h2-14,23H,15-17H2,1H3,(H,26,29)(H,27,28)/t23-/m0/s1. The van der Waals surface area contributed by atoms with Crippen molar-refractivity contribution in [1.29, 1.82) is 0 Å². The lowest BCUT2D eigenvalue weighted by Gasteiger charge is -2.16. The van der Waals surface area contributed by atoms with Gasteiger partial charge in [0.15, 0.2) is 0 Å². The summed E-state index contributed by atoms with van der Waals surface area (Å²) in [6, 6.07) is 26.3. The molecule has 1 aromatic heterocycles. The van der Waals surface area contributed by atoms with E-state index in [2.05, 4.69) is 40.8 Å². The second-order valence-electron chi connectivity index (χ2n) is 7.28. The molecule has 1 heterocycles. The molecule has 2 N–H and O–H groups in total. The predicted molar refractivity (Wildman–Crippen MR) is 126 cm³/mol. The molecule has 4 aromatic rings. The molecule has 0 bridgehead atoms. The van der Waals surface area contributed by atoms with E-state index < -0.39 is 0 Å². The van der Waals surface area contributed by atoms with E-state index in [0.29, 0.717) is 6.42 Å². The minimum atomic E-state index is -0.124. The van der Waals surface area contributed by atoms with Gasteiger partial charge in [-0.15, -0.1) is 0 Å². The summed E-state index contributed by atoms with van der Waals surface area (Å²) in [5.41, 5.74) is 5.25. The number of hydrogen-bond donors (Lipinski definition) is 2. The van der Waals surface area contributed by atoms with Gasteiger partial charge >= 0.3 is 0 Å². The Kier molecular flexibility index (Phi) is 6.50. The number of benzene rings is 3. The van der Waals surface area contributed by atoms with E-state index in [1.165, 1.54) is 5.56 Å². The number of thioether (sulfide) groups is 1. The molecule has 0 saturated heterocycles. The second-order valence-corrected chi connectivity index (χ2v) is 8.27. The molecular formula is C25H25N3OS. The molecule has 4 rings (SSSR count). The first-order valence-electron chi connectivity index (χ1n) is 10.1. The summed E-state index contributed by atoms with van der Waals surface area (Å²) < 4.78 is 0. The summed E-state index contributed by atoms with van der Waals surface area (Å²) in [5.74, 6) is 1.78. The summed E-state index contributed by atoms with van der Waals surface area (Å²) in [4.78, 5) is 20.8. The van der Waals surface area contributed by atoms with Crippen molar-refractivity contribution in [1.82, 2.24) is 15.3 Å². The normalized spacial score (nSPS) is 12.0. The number of carbonyl (C=O) groups excluding carboxylic acids is 1. The van der Waals surface area contributed by atoms with Gasteiger partial charge in [-0.2, -0.15) is 11.8 Å². The van der Waals surface area contributed by atoms with Crippen molar-refractivity contribution >= 4 is 28.7 Å². The maximum Gasteiger partial charge on any atom is 0.225 e. The molecule has 4 nitrogen and oxygen atoms in total. The van der Waals surface area contributed by atoms with Gasteiger partial charge in [-0.1, -0.05) is 66.7 Å². The predicted octanol–water partition coefficient (Wildman–Crippen LogP) is 5.38. The molecule has 0 saturated carbocycles. The van der Waals surface area contributed by atoms with Crippen molar-refractivity contribution in [3.63, 3.8) is 0 Å². The summed E-state index contributed by atoms with van der Waals surface area (Å²) in [6.07, 6.45) is 3.26. The fourth-order valence-electron chi connectivity index (χ4n) is 3.53. The first-order chi connectivity index (χ1) is 14.7. The minimum absolute atomic E-state index is 0.00835. The van der Waals surface area contributed by atoms with Crippen molar-refractivity contribution in [2.45, 2.75) is 18.9 Å². The fraction of sp³-hybridized carbons (Fsp3) is 0.200. The average Bonchev–Trinajstić information content (AvgIpc) is 3.22. The van der Waals surface area contributed by atoms with Crippen LogP contribution < -0.4 is 5.32 Å². The van der Waals surface area contributed by atoms with Crippen LogP contribution in [0, 0.1) is 0 Å². The molecule has 0 fully saturated rings. The molecule has 0 aliphatic carbocycles. The molecule has 0 radical (unpaired) electrons. The number of carbonyl (C=O) groups is 1. The van der Waals surface area contributed by atoms with E-state index >= 15 is 0 Å². The van der Waals surface area contributed by atoms with Crippen LogP contribution in [0.4, 0.5) is 0 Å². The van der Waals surface area contributed by atoms with Crippen LogP contribution in [0.1, 0.15) is 23.9 Å². The highest BCUT2D eigenvalue weighted by Crippen LogP contribution is 2.21. The van der Waals surface area contributed by atoms with Crippen LogP contribution in [0.5, 0.6) is 0 Å². The largest absolute Gasteiger partial charge is 0.346 e. The summed E-state index contributed by atoms with van der Waals surface area (Å²) in [5, 5.41) is 3.18. The van der Waals surface area contributed by atoms with Crippen molar-refractivity contribution < 1.29 is 4.79 Å². The third-order valence-corrected chi connectivity index (χ3v) is 5.75. The highest BCUT2D eigenvalue weighted by Gasteiger charge is 2.18. The van der Waals surface area contributed by atoms with Crippen LogP contribution in [0.15, 0.2) is 78.9 Å². The van der Waals surface area contributed by atoms with Crippen molar-refractivity contribution in [2.75, 3.05) is 12.0 Å². The molecule has 5 heteroatoms. The van der Waals surface area contributed by atoms with Crippen LogP contribution in [0.3, 0.4) is 0 Å². The molecule has 152 valence electrons. The Morgan fingerprint density at radius 3 is 2.40 bits per heavy atom. The monoisotopic (exact) mass is 415 g/mol. The van der Waals surface area contributed by atoms with Crippen molar-refractivity contribution in [3.8, 4) is 11.1 Å². The highest BCUT2D eigenvalue weighted by molar-refractivity contribution is 7.98. The number of rotatable bonds is 8. The molecule has 0 aliphatic rings. The number of hydrogen-bond acceptors (Lipinski definition) is 3. The zero-order valence-electron chi connectivity index (χ0n) is 17.0. The van der Waals surface area contributed by atoms with E-state index in [4.69, 9.17) is 4.98 Å². The van der Waals surface area contributed by atoms with Gasteiger partial charge in [0.2, 0.25) is 5.91 Å². The third kappa shape index (κ3) is 4.92. The quantitative estimate of drug-likeness (QED) is 0.406. The number of fused-ring (bicyclic) bond motifs is 1. The zero-order chi connectivity index (χ0) is 20.8. The van der Waals surface area contributed by atoms with Gasteiger partial charge in [-0.25, -0.2) is 4.98 Å². The van der Waals surface area contributed by atoms with E-state index in [-0.39, 0.29) is 11.9 Å². The Labute approximate surface area is 181 Å². The SMILES string of the molecule is CSCC[C@H](NC(=O)Cc1ccc(-c2ccccc2)cc1)c1nc2ccccc2[nH]1. The fourth-order valence-corrected chi connectivity index (χ4v) is 4.00. The Hall–Kier alpha value is -3.05. The highest BCUT2D eigenvalue weighted by atomic mass is 32.2. The number of aromatic nitrogens is 2. The van der Waals surface area contributed by atoms with Gasteiger partial charge < -0.3 is 10.3 Å². The van der Waals surface area contributed by atoms with E-state index in [0.717, 1.165) is 40.2 Å². The Balaban J connectivity index is 1.44. The number of amides is 1. The molecule has 0 unspecified atom stereocenters. The van der Waals surface area contributed by atoms with E-state index in [1.807, 2.05) is 54.6 Å². The van der Waals surface area contributed by atoms with Crippen molar-refractivity contribution in [3.05, 3.63) is 90.3 Å². The Bertz CT molecular complexity index is 1070. The van der Waals surface area contributed by atoms with Gasteiger partial charge in [0.25, 0.3) is 0 Å². The lowest BCUT2D eigenvalue weighted by molar-refractivity contribution is -0.121. The number of nitrogens with one attached hydrogen (secondary N) is 2. The van der Waals surface area contributed by atoms with E-state index in [9.17, 15) is 4.79 Å². The number of para-hydroxylation sites is 2. The number of aromatic amines is 1. The number of H-pyrrole nitrogens is 1. The van der Waals surface area contributed by atoms with Gasteiger partial charge in [-0.05, 0) is 47.3 Å². The van der Waals surface area contributed by atoms with Crippen LogP contribution in [-0.2, 0) is 11.2 Å². The van der Waals surface area contributed by atoms with Gasteiger partial charge in [0.1, 0.15) is 5.82 Å². The third-order valence-electron chi connectivity index (χ3n) is 5.11. The first kappa shape index (κ1) is 20.2. The maximum atomic E-state index is 12.8. The summed E-state index contributed by atoms with van der Waals surface area (Å²) in [6.45, 7) is 0. The second kappa shape index (κ2) is 9.63. The van der Waals surface area contributed by atoms with Crippen LogP contribution >= 0.6 is 11.8 Å². The summed E-state index contributed by atoms with van der Waals surface area (Å²) >= 11 is 1.77. The Morgan fingerprint density at radius 2 is 1.67 bits per heavy atom. The molecule has 0 aliphatic heterocycles.